The molecule has 0 spiro atoms. The van der Waals surface area contributed by atoms with Crippen molar-refractivity contribution >= 4 is 0 Å². The Morgan fingerprint density at radius 2 is 1.92 bits per heavy atom. The van der Waals surface area contributed by atoms with Gasteiger partial charge in [-0.05, 0) is 31.4 Å². The van der Waals surface area contributed by atoms with Crippen LogP contribution >= 0.6 is 0 Å². The highest BCUT2D eigenvalue weighted by Crippen LogP contribution is 2.30. The fraction of sp³-hybridized carbons (Fsp3) is 0.706. The summed E-state index contributed by atoms with van der Waals surface area (Å²) in [7, 11) is 0. The molecule has 1 aliphatic heterocycles. The van der Waals surface area contributed by atoms with Crippen LogP contribution in [0, 0.1) is 0 Å². The first-order chi connectivity index (χ1) is 11.5. The molecule has 1 aromatic heterocycles. The monoisotopic (exact) mass is 366 g/mol. The molecule has 25 heavy (non-hydrogen) atoms. The summed E-state index contributed by atoms with van der Waals surface area (Å²) in [6.07, 6.45) is -3.11. The van der Waals surface area contributed by atoms with Crippen LogP contribution in [-0.4, -0.2) is 35.0 Å². The van der Waals surface area contributed by atoms with Crippen molar-refractivity contribution in [1.29, 1.82) is 0 Å². The minimum absolute atomic E-state index is 0.0740. The standard InChI is InChI=1S/C17H23F5N2O/c1-12(2)14-9-13(17(20,21)22)10-24(15(14)25)8-4-7-23-6-3-5-16(18,19)11-23/h9-10,12H,3-8,11H2,1-2H3. The van der Waals surface area contributed by atoms with E-state index < -0.39 is 23.2 Å². The van der Waals surface area contributed by atoms with E-state index in [2.05, 4.69) is 0 Å². The third-order valence-electron chi connectivity index (χ3n) is 4.41. The molecular formula is C17H23F5N2O. The third-order valence-corrected chi connectivity index (χ3v) is 4.41. The fourth-order valence-corrected chi connectivity index (χ4v) is 3.10. The lowest BCUT2D eigenvalue weighted by Gasteiger charge is -2.32. The molecule has 0 N–H and O–H groups in total. The number of likely N-dealkylation sites (tertiary alicyclic amines) is 1. The normalized spacial score (nSPS) is 18.7. The lowest BCUT2D eigenvalue weighted by Crippen LogP contribution is -2.43. The highest BCUT2D eigenvalue weighted by Gasteiger charge is 2.35. The molecule has 0 saturated carbocycles. The van der Waals surface area contributed by atoms with E-state index in [-0.39, 0.29) is 31.0 Å². The minimum atomic E-state index is -4.53. The molecule has 1 saturated heterocycles. The molecule has 0 aromatic carbocycles. The summed E-state index contributed by atoms with van der Waals surface area (Å²) in [5, 5.41) is 0. The second-order valence-electron chi connectivity index (χ2n) is 6.92. The minimum Gasteiger partial charge on any atom is -0.315 e. The van der Waals surface area contributed by atoms with Gasteiger partial charge in [0.15, 0.2) is 0 Å². The molecule has 0 atom stereocenters. The summed E-state index contributed by atoms with van der Waals surface area (Å²) in [6.45, 7) is 3.94. The van der Waals surface area contributed by atoms with Crippen LogP contribution in [0.1, 0.15) is 50.2 Å². The smallest absolute Gasteiger partial charge is 0.315 e. The van der Waals surface area contributed by atoms with E-state index in [1.54, 1.807) is 18.7 Å². The molecule has 0 radical (unpaired) electrons. The van der Waals surface area contributed by atoms with Gasteiger partial charge in [-0.15, -0.1) is 0 Å². The second-order valence-corrected chi connectivity index (χ2v) is 6.92. The molecule has 0 unspecified atom stereocenters. The Kier molecular flexibility index (Phi) is 5.91. The van der Waals surface area contributed by atoms with Crippen molar-refractivity contribution in [1.82, 2.24) is 9.47 Å². The number of aryl methyl sites for hydroxylation is 1. The molecule has 0 bridgehead atoms. The van der Waals surface area contributed by atoms with Gasteiger partial charge in [-0.25, -0.2) is 8.78 Å². The summed E-state index contributed by atoms with van der Waals surface area (Å²) >= 11 is 0. The topological polar surface area (TPSA) is 25.2 Å². The van der Waals surface area contributed by atoms with E-state index in [0.29, 0.717) is 25.9 Å². The third kappa shape index (κ3) is 5.26. The van der Waals surface area contributed by atoms with Crippen LogP contribution in [0.5, 0.6) is 0 Å². The maximum Gasteiger partial charge on any atom is 0.417 e. The predicted octanol–water partition coefficient (Wildman–Crippen LogP) is 4.11. The quantitative estimate of drug-likeness (QED) is 0.733. The van der Waals surface area contributed by atoms with Crippen molar-refractivity contribution in [2.75, 3.05) is 19.6 Å². The Balaban J connectivity index is 2.11. The van der Waals surface area contributed by atoms with E-state index in [9.17, 15) is 26.7 Å². The first kappa shape index (κ1) is 19.9. The first-order valence-corrected chi connectivity index (χ1v) is 8.41. The number of alkyl halides is 5. The summed E-state index contributed by atoms with van der Waals surface area (Å²) in [4.78, 5) is 13.9. The van der Waals surface area contributed by atoms with Crippen LogP contribution in [0.25, 0.3) is 0 Å². The SMILES string of the molecule is CC(C)c1cc(C(F)(F)F)cn(CCCN2CCCC(F)(F)C2)c1=O. The number of pyridine rings is 1. The van der Waals surface area contributed by atoms with Crippen LogP contribution < -0.4 is 5.56 Å². The summed E-state index contributed by atoms with van der Waals surface area (Å²) in [5.74, 6) is -3.04. The van der Waals surface area contributed by atoms with E-state index in [0.717, 1.165) is 16.8 Å². The fourth-order valence-electron chi connectivity index (χ4n) is 3.10. The predicted molar refractivity (Wildman–Crippen MR) is 85.0 cm³/mol. The van der Waals surface area contributed by atoms with Crippen molar-refractivity contribution in [2.24, 2.45) is 0 Å². The van der Waals surface area contributed by atoms with Gasteiger partial charge >= 0.3 is 6.18 Å². The number of piperidine rings is 1. The Morgan fingerprint density at radius 3 is 2.48 bits per heavy atom. The highest BCUT2D eigenvalue weighted by molar-refractivity contribution is 5.24. The van der Waals surface area contributed by atoms with Crippen molar-refractivity contribution in [3.8, 4) is 0 Å². The van der Waals surface area contributed by atoms with Crippen molar-refractivity contribution < 1.29 is 22.0 Å². The first-order valence-electron chi connectivity index (χ1n) is 8.41. The number of rotatable bonds is 5. The van der Waals surface area contributed by atoms with Crippen molar-refractivity contribution in [3.05, 3.63) is 33.7 Å². The van der Waals surface area contributed by atoms with Gasteiger partial charge in [-0.2, -0.15) is 13.2 Å². The number of hydrogen-bond donors (Lipinski definition) is 0. The van der Waals surface area contributed by atoms with Gasteiger partial charge in [0, 0.05) is 31.3 Å². The molecule has 3 nitrogen and oxygen atoms in total. The van der Waals surface area contributed by atoms with Gasteiger partial charge in [0.25, 0.3) is 11.5 Å². The zero-order valence-electron chi connectivity index (χ0n) is 14.4. The Hall–Kier alpha value is -1.44. The van der Waals surface area contributed by atoms with E-state index in [1.807, 2.05) is 0 Å². The van der Waals surface area contributed by atoms with Gasteiger partial charge in [-0.1, -0.05) is 13.8 Å². The zero-order chi connectivity index (χ0) is 18.8. The van der Waals surface area contributed by atoms with Gasteiger partial charge in [0.1, 0.15) is 0 Å². The average Bonchev–Trinajstić information content (AvgIpc) is 2.46. The van der Waals surface area contributed by atoms with Crippen LogP contribution in [0.3, 0.4) is 0 Å². The number of nitrogens with zero attached hydrogens (tertiary/aromatic N) is 2. The molecule has 1 aromatic rings. The van der Waals surface area contributed by atoms with E-state index >= 15 is 0 Å². The average molecular weight is 366 g/mol. The molecule has 142 valence electrons. The summed E-state index contributed by atoms with van der Waals surface area (Å²) in [5.41, 5.74) is -1.20. The molecule has 1 aliphatic rings. The summed E-state index contributed by atoms with van der Waals surface area (Å²) in [6, 6.07) is 0.898. The largest absolute Gasteiger partial charge is 0.417 e. The Bertz CT molecular complexity index is 651. The summed E-state index contributed by atoms with van der Waals surface area (Å²) < 4.78 is 66.9. The molecule has 2 rings (SSSR count). The Morgan fingerprint density at radius 1 is 1.24 bits per heavy atom. The van der Waals surface area contributed by atoms with Crippen LogP contribution in [-0.2, 0) is 12.7 Å². The number of hydrogen-bond acceptors (Lipinski definition) is 2. The molecular weight excluding hydrogens is 343 g/mol. The van der Waals surface area contributed by atoms with Crippen LogP contribution in [0.2, 0.25) is 0 Å². The van der Waals surface area contributed by atoms with E-state index in [4.69, 9.17) is 0 Å². The second kappa shape index (κ2) is 7.43. The van der Waals surface area contributed by atoms with Gasteiger partial charge < -0.3 is 4.57 Å². The zero-order valence-corrected chi connectivity index (χ0v) is 14.4. The Labute approximate surface area is 143 Å². The maximum atomic E-state index is 13.4. The maximum absolute atomic E-state index is 13.4. The molecule has 1 fully saturated rings. The number of aromatic nitrogens is 1. The highest BCUT2D eigenvalue weighted by atomic mass is 19.4. The van der Waals surface area contributed by atoms with Gasteiger partial charge in [0.05, 0.1) is 12.1 Å². The van der Waals surface area contributed by atoms with Crippen molar-refractivity contribution in [2.45, 2.75) is 57.7 Å². The lowest BCUT2D eigenvalue weighted by molar-refractivity contribution is -0.138. The van der Waals surface area contributed by atoms with Crippen molar-refractivity contribution in [3.63, 3.8) is 0 Å². The number of halogens is 5. The van der Waals surface area contributed by atoms with Gasteiger partial charge in [-0.3, -0.25) is 9.69 Å². The molecule has 8 heteroatoms. The molecule has 0 amide bonds. The molecule has 2 heterocycles. The lowest BCUT2D eigenvalue weighted by atomic mass is 10.0. The van der Waals surface area contributed by atoms with E-state index in [1.165, 1.54) is 0 Å². The van der Waals surface area contributed by atoms with Crippen LogP contribution in [0.15, 0.2) is 17.1 Å². The van der Waals surface area contributed by atoms with Crippen LogP contribution in [0.4, 0.5) is 22.0 Å². The van der Waals surface area contributed by atoms with Gasteiger partial charge in [0.2, 0.25) is 0 Å². The molecule has 0 aliphatic carbocycles.